The van der Waals surface area contributed by atoms with E-state index < -0.39 is 0 Å². The van der Waals surface area contributed by atoms with Crippen LogP contribution in [0.15, 0.2) is 18.2 Å². The monoisotopic (exact) mass is 287 g/mol. The predicted molar refractivity (Wildman–Crippen MR) is 79.7 cm³/mol. The number of piperidine rings is 1. The van der Waals surface area contributed by atoms with Crippen LogP contribution in [0, 0.1) is 5.92 Å². The fourth-order valence-corrected chi connectivity index (χ4v) is 3.19. The van der Waals surface area contributed by atoms with Crippen molar-refractivity contribution in [2.45, 2.75) is 25.9 Å². The predicted octanol–water partition coefficient (Wildman–Crippen LogP) is 0.888. The number of hydrogen-bond acceptors (Lipinski definition) is 3. The first-order chi connectivity index (χ1) is 10.2. The maximum Gasteiger partial charge on any atom is 0.253 e. The average molecular weight is 287 g/mol. The molecule has 1 unspecified atom stereocenters. The van der Waals surface area contributed by atoms with Crippen LogP contribution in [0.4, 0.5) is 0 Å². The Kier molecular flexibility index (Phi) is 3.92. The number of amides is 2. The highest BCUT2D eigenvalue weighted by atomic mass is 16.2. The Hall–Kier alpha value is -1.88. The van der Waals surface area contributed by atoms with Crippen molar-refractivity contribution in [2.24, 2.45) is 5.92 Å². The number of hydrogen-bond donors (Lipinski definition) is 2. The number of benzene rings is 1. The average Bonchev–Trinajstić information content (AvgIpc) is 3.01. The maximum atomic E-state index is 12.6. The lowest BCUT2D eigenvalue weighted by Gasteiger charge is -2.32. The fraction of sp³-hybridized carbons (Fsp3) is 0.500. The van der Waals surface area contributed by atoms with Crippen LogP contribution in [0.25, 0.3) is 0 Å². The second kappa shape index (κ2) is 5.85. The lowest BCUT2D eigenvalue weighted by Crippen LogP contribution is -2.44. The molecule has 1 saturated heterocycles. The molecule has 1 fully saturated rings. The Morgan fingerprint density at radius 3 is 2.90 bits per heavy atom. The van der Waals surface area contributed by atoms with Crippen LogP contribution < -0.4 is 10.6 Å². The van der Waals surface area contributed by atoms with E-state index in [1.54, 1.807) is 7.05 Å². The summed E-state index contributed by atoms with van der Waals surface area (Å²) in [6.45, 7) is 2.97. The van der Waals surface area contributed by atoms with Gasteiger partial charge in [-0.2, -0.15) is 0 Å². The molecule has 2 amide bonds. The molecule has 0 aromatic heterocycles. The number of fused-ring (bicyclic) bond motifs is 1. The quantitative estimate of drug-likeness (QED) is 0.849. The number of rotatable bonds is 2. The van der Waals surface area contributed by atoms with Gasteiger partial charge in [0.1, 0.15) is 0 Å². The van der Waals surface area contributed by atoms with Gasteiger partial charge in [-0.05, 0) is 36.1 Å². The Balaban J connectivity index is 1.74. The molecule has 3 rings (SSSR count). The van der Waals surface area contributed by atoms with E-state index in [2.05, 4.69) is 10.6 Å². The van der Waals surface area contributed by atoms with Gasteiger partial charge in [-0.15, -0.1) is 0 Å². The highest BCUT2D eigenvalue weighted by Crippen LogP contribution is 2.21. The Bertz CT molecular complexity index is 571. The molecule has 21 heavy (non-hydrogen) atoms. The summed E-state index contributed by atoms with van der Waals surface area (Å²) < 4.78 is 0. The molecule has 0 aliphatic carbocycles. The Morgan fingerprint density at radius 2 is 2.10 bits per heavy atom. The van der Waals surface area contributed by atoms with Gasteiger partial charge in [0.25, 0.3) is 5.91 Å². The molecule has 1 aromatic rings. The summed E-state index contributed by atoms with van der Waals surface area (Å²) in [6.07, 6.45) is 1.74. The van der Waals surface area contributed by atoms with Gasteiger partial charge in [-0.25, -0.2) is 0 Å². The van der Waals surface area contributed by atoms with Crippen LogP contribution >= 0.6 is 0 Å². The van der Waals surface area contributed by atoms with Gasteiger partial charge >= 0.3 is 0 Å². The van der Waals surface area contributed by atoms with Gasteiger partial charge in [-0.1, -0.05) is 6.07 Å². The van der Waals surface area contributed by atoms with Crippen molar-refractivity contribution < 1.29 is 9.59 Å². The van der Waals surface area contributed by atoms with Crippen LogP contribution in [-0.4, -0.2) is 36.9 Å². The number of carbonyl (C=O) groups is 2. The van der Waals surface area contributed by atoms with E-state index in [9.17, 15) is 9.59 Å². The molecule has 5 heteroatoms. The molecule has 1 aromatic carbocycles. The van der Waals surface area contributed by atoms with Gasteiger partial charge in [0.05, 0.1) is 5.92 Å². The molecular weight excluding hydrogens is 266 g/mol. The first-order valence-corrected chi connectivity index (χ1v) is 7.52. The molecule has 2 aliphatic rings. The fourth-order valence-electron chi connectivity index (χ4n) is 3.19. The molecular formula is C16H21N3O2. The van der Waals surface area contributed by atoms with Crippen molar-refractivity contribution in [3.63, 3.8) is 0 Å². The van der Waals surface area contributed by atoms with E-state index in [-0.39, 0.29) is 17.7 Å². The van der Waals surface area contributed by atoms with Crippen LogP contribution in [-0.2, 0) is 17.9 Å². The molecule has 5 nitrogen and oxygen atoms in total. The zero-order chi connectivity index (χ0) is 14.8. The third-order valence-corrected chi connectivity index (χ3v) is 4.41. The maximum absolute atomic E-state index is 12.6. The zero-order valence-corrected chi connectivity index (χ0v) is 12.3. The third-order valence-electron chi connectivity index (χ3n) is 4.41. The molecule has 2 heterocycles. The number of nitrogens with one attached hydrogen (secondary N) is 2. The van der Waals surface area contributed by atoms with Gasteiger partial charge in [0.2, 0.25) is 5.91 Å². The van der Waals surface area contributed by atoms with Crippen molar-refractivity contribution in [3.05, 3.63) is 34.9 Å². The summed E-state index contributed by atoms with van der Waals surface area (Å²) in [5, 5.41) is 5.97. The van der Waals surface area contributed by atoms with E-state index in [1.807, 2.05) is 23.1 Å². The standard InChI is InChI=1S/C16H21N3O2/c1-17-15(20)13-3-2-6-19(10-13)16(21)11-4-5-12-8-18-9-14(12)7-11/h4-5,7,13,18H,2-3,6,8-10H2,1H3,(H,17,20). The van der Waals surface area contributed by atoms with Crippen LogP contribution in [0.2, 0.25) is 0 Å². The van der Waals surface area contributed by atoms with Gasteiger partial charge < -0.3 is 15.5 Å². The van der Waals surface area contributed by atoms with E-state index in [0.717, 1.165) is 38.0 Å². The first kappa shape index (κ1) is 14.1. The minimum absolute atomic E-state index is 0.0330. The van der Waals surface area contributed by atoms with E-state index in [0.29, 0.717) is 6.54 Å². The highest BCUT2D eigenvalue weighted by Gasteiger charge is 2.28. The molecule has 112 valence electrons. The Morgan fingerprint density at radius 1 is 1.29 bits per heavy atom. The van der Waals surface area contributed by atoms with Crippen LogP contribution in [0.5, 0.6) is 0 Å². The summed E-state index contributed by atoms with van der Waals surface area (Å²) >= 11 is 0. The minimum Gasteiger partial charge on any atom is -0.359 e. The summed E-state index contributed by atoms with van der Waals surface area (Å²) in [5.74, 6) is -0.00671. The molecule has 2 N–H and O–H groups in total. The van der Waals surface area contributed by atoms with Crippen molar-refractivity contribution in [1.29, 1.82) is 0 Å². The van der Waals surface area contributed by atoms with Crippen molar-refractivity contribution in [3.8, 4) is 0 Å². The van der Waals surface area contributed by atoms with Crippen molar-refractivity contribution >= 4 is 11.8 Å². The van der Waals surface area contributed by atoms with Crippen molar-refractivity contribution in [1.82, 2.24) is 15.5 Å². The number of likely N-dealkylation sites (tertiary alicyclic amines) is 1. The first-order valence-electron chi connectivity index (χ1n) is 7.52. The van der Waals surface area contributed by atoms with Gasteiger partial charge in [-0.3, -0.25) is 9.59 Å². The molecule has 2 aliphatic heterocycles. The molecule has 0 bridgehead atoms. The van der Waals surface area contributed by atoms with Crippen LogP contribution in [0.1, 0.15) is 34.3 Å². The SMILES string of the molecule is CNC(=O)C1CCCN(C(=O)c2ccc3c(c2)CNC3)C1. The summed E-state index contributed by atoms with van der Waals surface area (Å²) in [6, 6.07) is 5.92. The highest BCUT2D eigenvalue weighted by molar-refractivity contribution is 5.95. The second-order valence-corrected chi connectivity index (χ2v) is 5.79. The van der Waals surface area contributed by atoms with E-state index in [4.69, 9.17) is 0 Å². The molecule has 0 radical (unpaired) electrons. The summed E-state index contributed by atoms with van der Waals surface area (Å²) in [4.78, 5) is 26.2. The largest absolute Gasteiger partial charge is 0.359 e. The normalized spacial score (nSPS) is 21.0. The smallest absolute Gasteiger partial charge is 0.253 e. The van der Waals surface area contributed by atoms with E-state index >= 15 is 0 Å². The van der Waals surface area contributed by atoms with E-state index in [1.165, 1.54) is 11.1 Å². The lowest BCUT2D eigenvalue weighted by atomic mass is 9.96. The topological polar surface area (TPSA) is 61.4 Å². The zero-order valence-electron chi connectivity index (χ0n) is 12.3. The minimum atomic E-state index is -0.0798. The number of nitrogens with zero attached hydrogens (tertiary/aromatic N) is 1. The van der Waals surface area contributed by atoms with Crippen molar-refractivity contribution in [2.75, 3.05) is 20.1 Å². The molecule has 1 atom stereocenters. The van der Waals surface area contributed by atoms with Gasteiger partial charge in [0, 0.05) is 38.8 Å². The lowest BCUT2D eigenvalue weighted by molar-refractivity contribution is -0.125. The Labute approximate surface area is 124 Å². The van der Waals surface area contributed by atoms with Crippen LogP contribution in [0.3, 0.4) is 0 Å². The molecule has 0 saturated carbocycles. The molecule has 0 spiro atoms. The second-order valence-electron chi connectivity index (χ2n) is 5.79. The number of carbonyl (C=O) groups excluding carboxylic acids is 2. The van der Waals surface area contributed by atoms with Gasteiger partial charge in [0.15, 0.2) is 0 Å². The summed E-state index contributed by atoms with van der Waals surface area (Å²) in [7, 11) is 1.65. The summed E-state index contributed by atoms with van der Waals surface area (Å²) in [5.41, 5.74) is 3.21. The third kappa shape index (κ3) is 2.78.